The zero-order valence-electron chi connectivity index (χ0n) is 17.2. The number of hydrogen-bond donors (Lipinski definition) is 3. The van der Waals surface area contributed by atoms with Gasteiger partial charge in [-0.2, -0.15) is 0 Å². The fourth-order valence-corrected chi connectivity index (χ4v) is 4.31. The minimum absolute atomic E-state index is 0.181. The average Bonchev–Trinajstić information content (AvgIpc) is 3.26. The number of benzene rings is 3. The van der Waals surface area contributed by atoms with Crippen molar-refractivity contribution in [1.29, 1.82) is 0 Å². The number of carboxylic acid groups (broad SMARTS) is 1. The van der Waals surface area contributed by atoms with Gasteiger partial charge in [0.25, 0.3) is 0 Å². The Hall–Kier alpha value is -3.38. The molecule has 3 aromatic rings. The highest BCUT2D eigenvalue weighted by Crippen LogP contribution is 2.39. The molecule has 0 aromatic heterocycles. The molecule has 31 heavy (non-hydrogen) atoms. The maximum atomic E-state index is 16.0. The molecule has 0 radical (unpaired) electrons. The molecular weight excluding hydrogens is 393 g/mol. The van der Waals surface area contributed by atoms with Crippen LogP contribution in [0.5, 0.6) is 0 Å². The summed E-state index contributed by atoms with van der Waals surface area (Å²) in [7, 11) is 0. The second-order valence-electron chi connectivity index (χ2n) is 8.01. The minimum atomic E-state index is -1.29. The van der Waals surface area contributed by atoms with Crippen molar-refractivity contribution < 1.29 is 14.3 Å². The Morgan fingerprint density at radius 3 is 2.06 bits per heavy atom. The molecule has 6 heteroatoms. The predicted octanol–water partition coefficient (Wildman–Crippen LogP) is 3.93. The summed E-state index contributed by atoms with van der Waals surface area (Å²) in [6, 6.07) is 22.7. The van der Waals surface area contributed by atoms with Crippen LogP contribution < -0.4 is 16.0 Å². The molecule has 0 aliphatic carbocycles. The van der Waals surface area contributed by atoms with Crippen molar-refractivity contribution in [2.75, 3.05) is 23.7 Å². The summed E-state index contributed by atoms with van der Waals surface area (Å²) < 4.78 is 16.0. The fourth-order valence-electron chi connectivity index (χ4n) is 4.31. The molecule has 1 atom stereocenters. The normalized spacial score (nSPS) is 18.1. The van der Waals surface area contributed by atoms with Crippen LogP contribution in [0.3, 0.4) is 0 Å². The Bertz CT molecular complexity index is 1010. The maximum Gasteiger partial charge on any atom is 0.315 e. The summed E-state index contributed by atoms with van der Waals surface area (Å²) >= 11 is 0. The van der Waals surface area contributed by atoms with Crippen molar-refractivity contribution in [3.8, 4) is 0 Å². The monoisotopic (exact) mass is 419 g/mol. The van der Waals surface area contributed by atoms with Gasteiger partial charge in [-0.1, -0.05) is 66.7 Å². The van der Waals surface area contributed by atoms with Crippen molar-refractivity contribution in [2.45, 2.75) is 24.9 Å². The molecule has 5 nitrogen and oxygen atoms in total. The van der Waals surface area contributed by atoms with E-state index in [1.807, 2.05) is 65.6 Å². The standard InChI is InChI=1S/C25H26FN3O2/c26-22-20(25(24(30)31)13-14-28-17-25)11-12-21(27)23(22)29(15-18-7-3-1-4-8-18)16-19-9-5-2-6-10-19/h1-12,28H,13-17,27H2,(H,30,31). The zero-order chi connectivity index (χ0) is 21.8. The third-order valence-electron chi connectivity index (χ3n) is 5.98. The number of nitrogens with one attached hydrogen (secondary N) is 1. The van der Waals surface area contributed by atoms with Gasteiger partial charge in [0.1, 0.15) is 5.41 Å². The van der Waals surface area contributed by atoms with Crippen molar-refractivity contribution in [1.82, 2.24) is 5.32 Å². The van der Waals surface area contributed by atoms with E-state index in [9.17, 15) is 9.90 Å². The van der Waals surface area contributed by atoms with Crippen LogP contribution in [0, 0.1) is 5.82 Å². The Morgan fingerprint density at radius 2 is 1.58 bits per heavy atom. The maximum absolute atomic E-state index is 16.0. The van der Waals surface area contributed by atoms with Gasteiger partial charge >= 0.3 is 5.97 Å². The highest BCUT2D eigenvalue weighted by molar-refractivity contribution is 5.84. The molecule has 0 spiro atoms. The van der Waals surface area contributed by atoms with Crippen molar-refractivity contribution in [3.63, 3.8) is 0 Å². The van der Waals surface area contributed by atoms with E-state index in [-0.39, 0.29) is 17.8 Å². The van der Waals surface area contributed by atoms with Crippen molar-refractivity contribution >= 4 is 17.3 Å². The number of rotatable bonds is 7. The summed E-state index contributed by atoms with van der Waals surface area (Å²) in [6.45, 7) is 1.61. The summed E-state index contributed by atoms with van der Waals surface area (Å²) in [5, 5.41) is 13.0. The molecule has 160 valence electrons. The average molecular weight is 420 g/mol. The second-order valence-corrected chi connectivity index (χ2v) is 8.01. The first-order valence-electron chi connectivity index (χ1n) is 10.4. The molecule has 1 aliphatic heterocycles. The highest BCUT2D eigenvalue weighted by Gasteiger charge is 2.45. The number of carbonyl (C=O) groups is 1. The number of halogens is 1. The Morgan fingerprint density at radius 1 is 1.00 bits per heavy atom. The third-order valence-corrected chi connectivity index (χ3v) is 5.98. The molecule has 1 fully saturated rings. The van der Waals surface area contributed by atoms with Crippen LogP contribution in [0.2, 0.25) is 0 Å². The quantitative estimate of drug-likeness (QED) is 0.506. The number of carboxylic acids is 1. The molecule has 4 N–H and O–H groups in total. The molecule has 0 amide bonds. The van der Waals surface area contributed by atoms with E-state index in [0.717, 1.165) is 11.1 Å². The number of nitrogens with two attached hydrogens (primary N) is 1. The van der Waals surface area contributed by atoms with Crippen LogP contribution in [0.25, 0.3) is 0 Å². The zero-order valence-corrected chi connectivity index (χ0v) is 17.2. The van der Waals surface area contributed by atoms with Crippen LogP contribution >= 0.6 is 0 Å². The lowest BCUT2D eigenvalue weighted by Gasteiger charge is -2.31. The highest BCUT2D eigenvalue weighted by atomic mass is 19.1. The molecule has 3 aromatic carbocycles. The lowest BCUT2D eigenvalue weighted by molar-refractivity contribution is -0.143. The van der Waals surface area contributed by atoms with E-state index in [4.69, 9.17) is 5.73 Å². The number of anilines is 2. The molecule has 1 unspecified atom stereocenters. The number of nitrogen functional groups attached to an aromatic ring is 1. The van der Waals surface area contributed by atoms with Crippen molar-refractivity contribution in [2.24, 2.45) is 0 Å². The second kappa shape index (κ2) is 8.78. The molecule has 0 bridgehead atoms. The molecule has 0 saturated carbocycles. The van der Waals surface area contributed by atoms with Gasteiger partial charge in [0.2, 0.25) is 0 Å². The minimum Gasteiger partial charge on any atom is -0.481 e. The number of aliphatic carboxylic acids is 1. The molecule has 1 saturated heterocycles. The third kappa shape index (κ3) is 4.11. The molecular formula is C25H26FN3O2. The molecule has 4 rings (SSSR count). The van der Waals surface area contributed by atoms with Gasteiger partial charge in [-0.05, 0) is 30.2 Å². The Labute approximate surface area is 181 Å². The van der Waals surface area contributed by atoms with E-state index >= 15 is 4.39 Å². The van der Waals surface area contributed by atoms with Crippen LogP contribution in [0.15, 0.2) is 72.8 Å². The van der Waals surface area contributed by atoms with Crippen LogP contribution in [-0.2, 0) is 23.3 Å². The lowest BCUT2D eigenvalue weighted by Crippen LogP contribution is -2.39. The van der Waals surface area contributed by atoms with Crippen LogP contribution in [0.4, 0.5) is 15.8 Å². The summed E-state index contributed by atoms with van der Waals surface area (Å²) in [5.74, 6) is -1.58. The SMILES string of the molecule is Nc1ccc(C2(C(=O)O)CCNC2)c(F)c1N(Cc1ccccc1)Cc1ccccc1. The van der Waals surface area contributed by atoms with Gasteiger partial charge in [-0.25, -0.2) is 4.39 Å². The topological polar surface area (TPSA) is 78.6 Å². The van der Waals surface area contributed by atoms with Crippen LogP contribution in [0.1, 0.15) is 23.1 Å². The largest absolute Gasteiger partial charge is 0.481 e. The molecule has 1 heterocycles. The van der Waals surface area contributed by atoms with Gasteiger partial charge in [0.15, 0.2) is 5.82 Å². The van der Waals surface area contributed by atoms with Gasteiger partial charge in [-0.15, -0.1) is 0 Å². The van der Waals surface area contributed by atoms with Gasteiger partial charge < -0.3 is 21.1 Å². The van der Waals surface area contributed by atoms with E-state index < -0.39 is 17.2 Å². The predicted molar refractivity (Wildman–Crippen MR) is 120 cm³/mol. The Kier molecular flexibility index (Phi) is 5.91. The summed E-state index contributed by atoms with van der Waals surface area (Å²) in [6.07, 6.45) is 0.333. The smallest absolute Gasteiger partial charge is 0.315 e. The van der Waals surface area contributed by atoms with E-state index in [1.54, 1.807) is 6.07 Å². The first-order valence-corrected chi connectivity index (χ1v) is 10.4. The van der Waals surface area contributed by atoms with Gasteiger partial charge in [0, 0.05) is 25.2 Å². The Balaban J connectivity index is 1.81. The van der Waals surface area contributed by atoms with E-state index in [1.165, 1.54) is 6.07 Å². The molecule has 1 aliphatic rings. The van der Waals surface area contributed by atoms with Crippen molar-refractivity contribution in [3.05, 3.63) is 95.3 Å². The fraction of sp³-hybridized carbons (Fsp3) is 0.240. The van der Waals surface area contributed by atoms with Crippen LogP contribution in [-0.4, -0.2) is 24.2 Å². The number of hydrogen-bond acceptors (Lipinski definition) is 4. The number of nitrogens with zero attached hydrogens (tertiary/aromatic N) is 1. The van der Waals surface area contributed by atoms with E-state index in [0.29, 0.717) is 31.7 Å². The lowest BCUT2D eigenvalue weighted by atomic mass is 9.79. The van der Waals surface area contributed by atoms with Gasteiger partial charge in [0.05, 0.1) is 11.4 Å². The summed E-state index contributed by atoms with van der Waals surface area (Å²) in [4.78, 5) is 14.1. The van der Waals surface area contributed by atoms with E-state index in [2.05, 4.69) is 5.32 Å². The summed E-state index contributed by atoms with van der Waals surface area (Å²) in [5.41, 5.74) is 7.72. The van der Waals surface area contributed by atoms with Gasteiger partial charge in [-0.3, -0.25) is 4.79 Å². The first-order chi connectivity index (χ1) is 15.0. The first kappa shape index (κ1) is 20.9.